The molecule has 2 aliphatic carbocycles. The number of hydrogen-bond acceptors (Lipinski definition) is 2. The monoisotopic (exact) mass is 245 g/mol. The minimum absolute atomic E-state index is 0.807. The van der Waals surface area contributed by atoms with Crippen LogP contribution in [0.25, 0.3) is 0 Å². The second kappa shape index (κ2) is 5.31. The van der Waals surface area contributed by atoms with Crippen LogP contribution >= 0.6 is 0 Å². The van der Waals surface area contributed by atoms with E-state index in [1.807, 2.05) is 12.1 Å². The fourth-order valence-electron chi connectivity index (χ4n) is 3.69. The lowest BCUT2D eigenvalue weighted by molar-refractivity contribution is 0.354. The van der Waals surface area contributed by atoms with Crippen molar-refractivity contribution in [2.75, 3.05) is 13.7 Å². The maximum absolute atomic E-state index is 5.17. The molecule has 3 rings (SSSR count). The van der Waals surface area contributed by atoms with Gasteiger partial charge in [-0.1, -0.05) is 18.6 Å². The van der Waals surface area contributed by atoms with Gasteiger partial charge in [-0.3, -0.25) is 0 Å². The maximum Gasteiger partial charge on any atom is 0.118 e. The lowest BCUT2D eigenvalue weighted by Crippen LogP contribution is -2.35. The molecule has 2 bridgehead atoms. The largest absolute Gasteiger partial charge is 0.497 e. The average Bonchev–Trinajstić information content (AvgIpc) is 3.02. The molecule has 2 fully saturated rings. The molecule has 1 aromatic carbocycles. The van der Waals surface area contributed by atoms with Gasteiger partial charge in [-0.25, -0.2) is 0 Å². The van der Waals surface area contributed by atoms with Crippen molar-refractivity contribution in [3.05, 3.63) is 29.8 Å². The second-order valence-electron chi connectivity index (χ2n) is 5.83. The molecule has 0 spiro atoms. The van der Waals surface area contributed by atoms with E-state index in [1.54, 1.807) is 7.11 Å². The first-order valence-corrected chi connectivity index (χ1v) is 7.21. The van der Waals surface area contributed by atoms with Crippen molar-refractivity contribution < 1.29 is 4.74 Å². The van der Waals surface area contributed by atoms with Gasteiger partial charge in [0.2, 0.25) is 0 Å². The third-order valence-electron chi connectivity index (χ3n) is 4.72. The Morgan fingerprint density at radius 3 is 2.61 bits per heavy atom. The van der Waals surface area contributed by atoms with Crippen LogP contribution in [0, 0.1) is 11.8 Å². The van der Waals surface area contributed by atoms with Gasteiger partial charge >= 0.3 is 0 Å². The van der Waals surface area contributed by atoms with Gasteiger partial charge in [0.25, 0.3) is 0 Å². The highest BCUT2D eigenvalue weighted by Crippen LogP contribution is 2.44. The number of fused-ring (bicyclic) bond motifs is 2. The predicted molar refractivity (Wildman–Crippen MR) is 73.9 cm³/mol. The minimum Gasteiger partial charge on any atom is -0.497 e. The minimum atomic E-state index is 0.807. The van der Waals surface area contributed by atoms with E-state index in [0.29, 0.717) is 0 Å². The first kappa shape index (κ1) is 12.0. The Balaban J connectivity index is 1.44. The highest BCUT2D eigenvalue weighted by Gasteiger charge is 2.38. The molecule has 1 N–H and O–H groups in total. The summed E-state index contributed by atoms with van der Waals surface area (Å²) in [7, 11) is 1.71. The van der Waals surface area contributed by atoms with E-state index in [2.05, 4.69) is 17.4 Å². The summed E-state index contributed by atoms with van der Waals surface area (Å²) in [5, 5.41) is 3.76. The Labute approximate surface area is 110 Å². The molecule has 2 aliphatic rings. The molecule has 0 unspecified atom stereocenters. The predicted octanol–water partition coefficient (Wildman–Crippen LogP) is 3.02. The van der Waals surface area contributed by atoms with Gasteiger partial charge in [0, 0.05) is 6.04 Å². The van der Waals surface area contributed by atoms with Crippen molar-refractivity contribution in [3.8, 4) is 5.75 Å². The van der Waals surface area contributed by atoms with E-state index < -0.39 is 0 Å². The van der Waals surface area contributed by atoms with Gasteiger partial charge in [-0.2, -0.15) is 0 Å². The van der Waals surface area contributed by atoms with Crippen molar-refractivity contribution in [1.82, 2.24) is 5.32 Å². The maximum atomic E-state index is 5.17. The molecule has 2 saturated carbocycles. The summed E-state index contributed by atoms with van der Waals surface area (Å²) in [5.74, 6) is 2.96. The van der Waals surface area contributed by atoms with E-state index in [-0.39, 0.29) is 0 Å². The van der Waals surface area contributed by atoms with E-state index >= 15 is 0 Å². The summed E-state index contributed by atoms with van der Waals surface area (Å²) in [4.78, 5) is 0. The molecule has 0 aromatic heterocycles. The summed E-state index contributed by atoms with van der Waals surface area (Å²) in [5.41, 5.74) is 1.39. The first-order valence-electron chi connectivity index (χ1n) is 7.21. The van der Waals surface area contributed by atoms with Crippen LogP contribution < -0.4 is 10.1 Å². The van der Waals surface area contributed by atoms with Crippen LogP contribution in [-0.2, 0) is 6.42 Å². The highest BCUT2D eigenvalue weighted by atomic mass is 16.5. The van der Waals surface area contributed by atoms with E-state index in [9.17, 15) is 0 Å². The fraction of sp³-hybridized carbons (Fsp3) is 0.625. The Hall–Kier alpha value is -1.02. The summed E-state index contributed by atoms with van der Waals surface area (Å²) in [6, 6.07) is 9.24. The molecule has 1 aromatic rings. The van der Waals surface area contributed by atoms with E-state index in [1.165, 1.54) is 31.2 Å². The van der Waals surface area contributed by atoms with Gasteiger partial charge in [0.1, 0.15) is 5.75 Å². The van der Waals surface area contributed by atoms with Gasteiger partial charge in [-0.15, -0.1) is 0 Å². The third kappa shape index (κ3) is 2.54. The van der Waals surface area contributed by atoms with Gasteiger partial charge < -0.3 is 10.1 Å². The van der Waals surface area contributed by atoms with Gasteiger partial charge in [-0.05, 0) is 61.8 Å². The smallest absolute Gasteiger partial charge is 0.118 e. The van der Waals surface area contributed by atoms with Crippen LogP contribution in [-0.4, -0.2) is 19.7 Å². The molecule has 0 heterocycles. The fourth-order valence-corrected chi connectivity index (χ4v) is 3.69. The molecular weight excluding hydrogens is 222 g/mol. The molecule has 2 heteroatoms. The quantitative estimate of drug-likeness (QED) is 0.861. The zero-order chi connectivity index (χ0) is 12.4. The van der Waals surface area contributed by atoms with Crippen LogP contribution in [0.5, 0.6) is 5.75 Å². The topological polar surface area (TPSA) is 21.3 Å². The number of methoxy groups -OCH3 is 1. The van der Waals surface area contributed by atoms with Crippen LogP contribution in [0.4, 0.5) is 0 Å². The molecule has 0 amide bonds. The van der Waals surface area contributed by atoms with Crippen molar-refractivity contribution in [2.24, 2.45) is 11.8 Å². The second-order valence-corrected chi connectivity index (χ2v) is 5.83. The molecule has 0 radical (unpaired) electrons. The lowest BCUT2D eigenvalue weighted by atomic mass is 9.95. The van der Waals surface area contributed by atoms with E-state index in [0.717, 1.165) is 36.6 Å². The molecule has 3 atom stereocenters. The van der Waals surface area contributed by atoms with Crippen LogP contribution in [0.1, 0.15) is 31.2 Å². The normalized spacial score (nSPS) is 29.7. The summed E-state index contributed by atoms with van der Waals surface area (Å²) in [6.07, 6.45) is 6.98. The van der Waals surface area contributed by atoms with Crippen LogP contribution in [0.3, 0.4) is 0 Å². The number of rotatable bonds is 5. The Bertz CT molecular complexity index is 387. The summed E-state index contributed by atoms with van der Waals surface area (Å²) in [6.45, 7) is 1.11. The van der Waals surface area contributed by atoms with Gasteiger partial charge in [0.15, 0.2) is 0 Å². The Morgan fingerprint density at radius 2 is 2.00 bits per heavy atom. The molecule has 0 aliphatic heterocycles. The highest BCUT2D eigenvalue weighted by molar-refractivity contribution is 5.27. The molecule has 18 heavy (non-hydrogen) atoms. The molecule has 0 saturated heterocycles. The van der Waals surface area contributed by atoms with Crippen LogP contribution in [0.15, 0.2) is 24.3 Å². The summed E-state index contributed by atoms with van der Waals surface area (Å²) >= 11 is 0. The molecular formula is C16H23NO. The SMILES string of the molecule is COc1ccc(CCN[C@H]2C[C@H]3CC[C@@H]2C3)cc1. The first-order chi connectivity index (χ1) is 8.85. The number of hydrogen-bond donors (Lipinski definition) is 1. The van der Waals surface area contributed by atoms with Gasteiger partial charge in [0.05, 0.1) is 7.11 Å². The zero-order valence-corrected chi connectivity index (χ0v) is 11.2. The Morgan fingerprint density at radius 1 is 1.17 bits per heavy atom. The number of ether oxygens (including phenoxy) is 1. The summed E-state index contributed by atoms with van der Waals surface area (Å²) < 4.78 is 5.17. The average molecular weight is 245 g/mol. The van der Waals surface area contributed by atoms with Crippen molar-refractivity contribution >= 4 is 0 Å². The number of nitrogens with one attached hydrogen (secondary N) is 1. The van der Waals surface area contributed by atoms with Crippen molar-refractivity contribution in [2.45, 2.75) is 38.1 Å². The lowest BCUT2D eigenvalue weighted by Gasteiger charge is -2.22. The Kier molecular flexibility index (Phi) is 3.55. The van der Waals surface area contributed by atoms with E-state index in [4.69, 9.17) is 4.74 Å². The standard InChI is InChI=1S/C16H23NO/c1-18-15-6-3-12(4-7-15)8-9-17-16-11-13-2-5-14(16)10-13/h3-4,6-7,13-14,16-17H,2,5,8-11H2,1H3/t13-,14+,16-/m0/s1. The third-order valence-corrected chi connectivity index (χ3v) is 4.72. The molecule has 2 nitrogen and oxygen atoms in total. The molecule has 98 valence electrons. The van der Waals surface area contributed by atoms with Crippen molar-refractivity contribution in [3.63, 3.8) is 0 Å². The zero-order valence-electron chi connectivity index (χ0n) is 11.2. The number of benzene rings is 1. The van der Waals surface area contributed by atoms with Crippen molar-refractivity contribution in [1.29, 1.82) is 0 Å². The van der Waals surface area contributed by atoms with Crippen LogP contribution in [0.2, 0.25) is 0 Å².